The number of nitrogens with one attached hydrogen (secondary N) is 1. The highest BCUT2D eigenvalue weighted by Crippen LogP contribution is 2.09. The van der Waals surface area contributed by atoms with E-state index in [4.69, 9.17) is 0 Å². The average Bonchev–Trinajstić information content (AvgIpc) is 2.48. The van der Waals surface area contributed by atoms with Crippen LogP contribution in [0.2, 0.25) is 0 Å². The lowest BCUT2D eigenvalue weighted by Gasteiger charge is -2.25. The summed E-state index contributed by atoms with van der Waals surface area (Å²) in [6.07, 6.45) is 4.88. The summed E-state index contributed by atoms with van der Waals surface area (Å²) in [6.45, 7) is 3.57. The van der Waals surface area contributed by atoms with Crippen molar-refractivity contribution in [2.45, 2.75) is 32.1 Å². The molecule has 20 heavy (non-hydrogen) atoms. The number of carbonyl (C=O) groups excluding carboxylic acids is 1. The first kappa shape index (κ1) is 15.0. The molecule has 0 aromatic heterocycles. The van der Waals surface area contributed by atoms with Gasteiger partial charge in [-0.3, -0.25) is 4.79 Å². The predicted molar refractivity (Wildman–Crippen MR) is 78.0 cm³/mol. The molecule has 4 heteroatoms. The first-order valence-electron chi connectivity index (χ1n) is 7.48. The second-order valence-electron chi connectivity index (χ2n) is 5.34. The fourth-order valence-corrected chi connectivity index (χ4v) is 2.57. The Kier molecular flexibility index (Phi) is 5.99. The third kappa shape index (κ3) is 4.93. The van der Waals surface area contributed by atoms with Gasteiger partial charge in [-0.25, -0.2) is 4.39 Å². The number of hydrogen-bond donors (Lipinski definition) is 1. The van der Waals surface area contributed by atoms with E-state index in [1.165, 1.54) is 25.3 Å². The smallest absolute Gasteiger partial charge is 0.221 e. The van der Waals surface area contributed by atoms with E-state index in [-0.39, 0.29) is 11.7 Å². The van der Waals surface area contributed by atoms with Crippen molar-refractivity contribution in [3.8, 4) is 0 Å². The van der Waals surface area contributed by atoms with Crippen LogP contribution in [0.1, 0.15) is 31.2 Å². The van der Waals surface area contributed by atoms with Crippen molar-refractivity contribution in [3.05, 3.63) is 35.6 Å². The minimum atomic E-state index is -0.199. The van der Waals surface area contributed by atoms with Crippen LogP contribution in [-0.4, -0.2) is 37.0 Å². The zero-order valence-electron chi connectivity index (χ0n) is 11.9. The van der Waals surface area contributed by atoms with Crippen LogP contribution in [-0.2, 0) is 11.2 Å². The largest absolute Gasteiger partial charge is 0.356 e. The Morgan fingerprint density at radius 2 is 1.95 bits per heavy atom. The van der Waals surface area contributed by atoms with E-state index in [2.05, 4.69) is 10.2 Å². The fraction of sp³-hybridized carbons (Fsp3) is 0.562. The monoisotopic (exact) mass is 278 g/mol. The summed E-state index contributed by atoms with van der Waals surface area (Å²) in [4.78, 5) is 14.1. The highest BCUT2D eigenvalue weighted by Gasteiger charge is 2.11. The number of rotatable bonds is 6. The lowest BCUT2D eigenvalue weighted by Crippen LogP contribution is -2.34. The van der Waals surface area contributed by atoms with E-state index in [1.54, 1.807) is 12.1 Å². The maximum absolute atomic E-state index is 13.4. The standard InChI is InChI=1S/C16H23FN2O/c17-15-7-3-2-6-14(15)8-10-18-16(20)9-13-19-11-4-1-5-12-19/h2-3,6-7H,1,4-5,8-13H2,(H,18,20). The van der Waals surface area contributed by atoms with Crippen molar-refractivity contribution in [1.82, 2.24) is 10.2 Å². The van der Waals surface area contributed by atoms with Crippen LogP contribution in [0.5, 0.6) is 0 Å². The molecule has 1 fully saturated rings. The van der Waals surface area contributed by atoms with Crippen molar-refractivity contribution >= 4 is 5.91 Å². The molecule has 0 bridgehead atoms. The maximum Gasteiger partial charge on any atom is 0.221 e. The number of amides is 1. The van der Waals surface area contributed by atoms with Crippen LogP contribution in [0.4, 0.5) is 4.39 Å². The Hall–Kier alpha value is -1.42. The number of likely N-dealkylation sites (tertiary alicyclic amines) is 1. The summed E-state index contributed by atoms with van der Waals surface area (Å²) in [5, 5.41) is 2.87. The number of benzene rings is 1. The van der Waals surface area contributed by atoms with Gasteiger partial charge >= 0.3 is 0 Å². The molecule has 0 spiro atoms. The van der Waals surface area contributed by atoms with E-state index in [9.17, 15) is 9.18 Å². The molecule has 0 aliphatic carbocycles. The third-order valence-corrected chi connectivity index (χ3v) is 3.78. The van der Waals surface area contributed by atoms with Crippen LogP contribution in [0.25, 0.3) is 0 Å². The lowest BCUT2D eigenvalue weighted by atomic mass is 10.1. The summed E-state index contributed by atoms with van der Waals surface area (Å²) in [7, 11) is 0. The van der Waals surface area contributed by atoms with Crippen LogP contribution >= 0.6 is 0 Å². The predicted octanol–water partition coefficient (Wildman–Crippen LogP) is 2.36. The molecule has 0 atom stereocenters. The summed E-state index contributed by atoms with van der Waals surface area (Å²) < 4.78 is 13.4. The van der Waals surface area contributed by atoms with E-state index in [0.717, 1.165) is 19.6 Å². The SMILES string of the molecule is O=C(CCN1CCCCC1)NCCc1ccccc1F. The Morgan fingerprint density at radius 3 is 2.70 bits per heavy atom. The number of hydrogen-bond acceptors (Lipinski definition) is 2. The molecular formula is C16H23FN2O. The van der Waals surface area contributed by atoms with Gasteiger partial charge in [-0.2, -0.15) is 0 Å². The highest BCUT2D eigenvalue weighted by atomic mass is 19.1. The molecule has 1 saturated heterocycles. The van der Waals surface area contributed by atoms with Crippen LogP contribution < -0.4 is 5.32 Å². The second kappa shape index (κ2) is 8.00. The molecule has 2 rings (SSSR count). The van der Waals surface area contributed by atoms with Gasteiger partial charge in [0.1, 0.15) is 5.82 Å². The normalized spacial score (nSPS) is 16.1. The number of nitrogens with zero attached hydrogens (tertiary/aromatic N) is 1. The van der Waals surface area contributed by atoms with Crippen LogP contribution in [0.3, 0.4) is 0 Å². The topological polar surface area (TPSA) is 32.3 Å². The van der Waals surface area contributed by atoms with E-state index < -0.39 is 0 Å². The molecule has 1 aliphatic heterocycles. The first-order chi connectivity index (χ1) is 9.75. The third-order valence-electron chi connectivity index (χ3n) is 3.78. The van der Waals surface area contributed by atoms with Gasteiger partial charge in [-0.15, -0.1) is 0 Å². The Labute approximate surface area is 120 Å². The minimum Gasteiger partial charge on any atom is -0.356 e. The van der Waals surface area contributed by atoms with E-state index in [0.29, 0.717) is 24.9 Å². The molecule has 1 aliphatic rings. The van der Waals surface area contributed by atoms with Gasteiger partial charge < -0.3 is 10.2 Å². The molecular weight excluding hydrogens is 255 g/mol. The molecule has 1 aromatic rings. The molecule has 1 N–H and O–H groups in total. The van der Waals surface area contributed by atoms with Crippen molar-refractivity contribution in [2.24, 2.45) is 0 Å². The van der Waals surface area contributed by atoms with Crippen LogP contribution in [0, 0.1) is 5.82 Å². The highest BCUT2D eigenvalue weighted by molar-refractivity contribution is 5.76. The fourth-order valence-electron chi connectivity index (χ4n) is 2.57. The van der Waals surface area contributed by atoms with Gasteiger partial charge in [0.25, 0.3) is 0 Å². The first-order valence-corrected chi connectivity index (χ1v) is 7.48. The van der Waals surface area contributed by atoms with E-state index >= 15 is 0 Å². The molecule has 1 aromatic carbocycles. The molecule has 110 valence electrons. The molecule has 0 saturated carbocycles. The summed E-state index contributed by atoms with van der Waals surface area (Å²) in [5.41, 5.74) is 0.656. The van der Waals surface area contributed by atoms with E-state index in [1.807, 2.05) is 6.07 Å². The summed E-state index contributed by atoms with van der Waals surface area (Å²) >= 11 is 0. The average molecular weight is 278 g/mol. The number of carbonyl (C=O) groups is 1. The molecule has 1 amide bonds. The summed E-state index contributed by atoms with van der Waals surface area (Å²) in [6, 6.07) is 6.70. The second-order valence-corrected chi connectivity index (χ2v) is 5.34. The van der Waals surface area contributed by atoms with Crippen molar-refractivity contribution in [2.75, 3.05) is 26.2 Å². The Morgan fingerprint density at radius 1 is 1.20 bits per heavy atom. The summed E-state index contributed by atoms with van der Waals surface area (Å²) in [5.74, 6) is -0.137. The quantitative estimate of drug-likeness (QED) is 0.866. The van der Waals surface area contributed by atoms with Gasteiger partial charge in [-0.1, -0.05) is 24.6 Å². The van der Waals surface area contributed by atoms with Crippen molar-refractivity contribution < 1.29 is 9.18 Å². The van der Waals surface area contributed by atoms with Gasteiger partial charge in [0, 0.05) is 19.5 Å². The number of halogens is 1. The van der Waals surface area contributed by atoms with Crippen LogP contribution in [0.15, 0.2) is 24.3 Å². The molecule has 0 radical (unpaired) electrons. The van der Waals surface area contributed by atoms with Gasteiger partial charge in [0.15, 0.2) is 0 Å². The van der Waals surface area contributed by atoms with Gasteiger partial charge in [-0.05, 0) is 44.0 Å². The zero-order valence-corrected chi connectivity index (χ0v) is 11.9. The molecule has 1 heterocycles. The Balaban J connectivity index is 1.61. The maximum atomic E-state index is 13.4. The van der Waals surface area contributed by atoms with Gasteiger partial charge in [0.2, 0.25) is 5.91 Å². The zero-order chi connectivity index (χ0) is 14.2. The number of piperidine rings is 1. The molecule has 0 unspecified atom stereocenters. The Bertz CT molecular complexity index is 430. The van der Waals surface area contributed by atoms with Crippen molar-refractivity contribution in [1.29, 1.82) is 0 Å². The van der Waals surface area contributed by atoms with Gasteiger partial charge in [0.05, 0.1) is 0 Å². The minimum absolute atomic E-state index is 0.0620. The van der Waals surface area contributed by atoms with Crippen molar-refractivity contribution in [3.63, 3.8) is 0 Å². The molecule has 3 nitrogen and oxygen atoms in total. The lowest BCUT2D eigenvalue weighted by molar-refractivity contribution is -0.121.